The van der Waals surface area contributed by atoms with Crippen LogP contribution in [-0.4, -0.2) is 31.9 Å². The Kier molecular flexibility index (Phi) is 5.73. The molecular weight excluding hydrogens is 192 g/mol. The van der Waals surface area contributed by atoms with E-state index in [0.717, 1.165) is 30.7 Å². The number of anilines is 1. The van der Waals surface area contributed by atoms with Crippen LogP contribution in [0.15, 0.2) is 18.5 Å². The minimum absolute atomic E-state index is 0.648. The smallest absolute Gasteiger partial charge is 0.0700 e. The molecule has 0 atom stereocenters. The molecule has 1 heterocycles. The van der Waals surface area contributed by atoms with E-state index in [0.29, 0.717) is 13.2 Å². The molecule has 4 nitrogen and oxygen atoms in total. The van der Waals surface area contributed by atoms with E-state index >= 15 is 0 Å². The van der Waals surface area contributed by atoms with Crippen molar-refractivity contribution in [3.63, 3.8) is 0 Å². The van der Waals surface area contributed by atoms with Crippen molar-refractivity contribution in [2.24, 2.45) is 0 Å². The van der Waals surface area contributed by atoms with Crippen LogP contribution in [0.2, 0.25) is 0 Å². The van der Waals surface area contributed by atoms with Gasteiger partial charge in [-0.25, -0.2) is 0 Å². The molecule has 0 aliphatic rings. The molecule has 0 fully saturated rings. The molecule has 84 valence electrons. The molecule has 15 heavy (non-hydrogen) atoms. The molecular formula is C11H18N2O2. The van der Waals surface area contributed by atoms with Gasteiger partial charge in [-0.05, 0) is 24.5 Å². The Hall–Kier alpha value is -1.13. The predicted octanol–water partition coefficient (Wildman–Crippen LogP) is 1.26. The maximum Gasteiger partial charge on any atom is 0.0700 e. The van der Waals surface area contributed by atoms with Gasteiger partial charge >= 0.3 is 0 Å². The summed E-state index contributed by atoms with van der Waals surface area (Å²) in [6.45, 7) is 2.03. The van der Waals surface area contributed by atoms with Crippen molar-refractivity contribution in [1.29, 1.82) is 0 Å². The van der Waals surface area contributed by atoms with Crippen molar-refractivity contribution in [3.05, 3.63) is 24.0 Å². The van der Waals surface area contributed by atoms with Crippen molar-refractivity contribution < 1.29 is 9.47 Å². The van der Waals surface area contributed by atoms with E-state index in [2.05, 4.69) is 4.98 Å². The van der Waals surface area contributed by atoms with E-state index in [9.17, 15) is 0 Å². The average molecular weight is 210 g/mol. The van der Waals surface area contributed by atoms with Gasteiger partial charge in [-0.1, -0.05) is 0 Å². The summed E-state index contributed by atoms with van der Waals surface area (Å²) >= 11 is 0. The molecule has 0 unspecified atom stereocenters. The number of nitrogen functional groups attached to an aromatic ring is 1. The first-order chi connectivity index (χ1) is 7.34. The molecule has 0 bridgehead atoms. The number of nitrogens with two attached hydrogens (primary N) is 1. The summed E-state index contributed by atoms with van der Waals surface area (Å²) in [5, 5.41) is 0. The molecule has 0 amide bonds. The van der Waals surface area contributed by atoms with Crippen LogP contribution in [0.25, 0.3) is 0 Å². The van der Waals surface area contributed by atoms with E-state index in [1.165, 1.54) is 0 Å². The van der Waals surface area contributed by atoms with Crippen LogP contribution in [0.3, 0.4) is 0 Å². The van der Waals surface area contributed by atoms with Gasteiger partial charge in [0, 0.05) is 31.8 Å². The second kappa shape index (κ2) is 7.20. The monoisotopic (exact) mass is 210 g/mol. The van der Waals surface area contributed by atoms with E-state index in [4.69, 9.17) is 15.2 Å². The van der Waals surface area contributed by atoms with Crippen molar-refractivity contribution in [2.45, 2.75) is 12.8 Å². The van der Waals surface area contributed by atoms with Crippen LogP contribution in [0.4, 0.5) is 5.69 Å². The third-order valence-electron chi connectivity index (χ3n) is 2.11. The Bertz CT molecular complexity index is 279. The van der Waals surface area contributed by atoms with Gasteiger partial charge in [0.05, 0.1) is 13.2 Å². The maximum absolute atomic E-state index is 5.78. The average Bonchev–Trinajstić information content (AvgIpc) is 2.25. The van der Waals surface area contributed by atoms with Crippen LogP contribution in [0.1, 0.15) is 12.0 Å². The summed E-state index contributed by atoms with van der Waals surface area (Å²) in [7, 11) is 1.67. The topological polar surface area (TPSA) is 57.4 Å². The van der Waals surface area contributed by atoms with Gasteiger partial charge in [0.15, 0.2) is 0 Å². The van der Waals surface area contributed by atoms with Crippen LogP contribution in [0, 0.1) is 0 Å². The first-order valence-corrected chi connectivity index (χ1v) is 5.09. The molecule has 4 heteroatoms. The van der Waals surface area contributed by atoms with Crippen molar-refractivity contribution in [3.8, 4) is 0 Å². The minimum atomic E-state index is 0.648. The number of pyridine rings is 1. The molecule has 1 aromatic heterocycles. The lowest BCUT2D eigenvalue weighted by molar-refractivity contribution is 0.0695. The lowest BCUT2D eigenvalue weighted by Gasteiger charge is -2.05. The fourth-order valence-electron chi connectivity index (χ4n) is 1.26. The fraction of sp³-hybridized carbons (Fsp3) is 0.545. The quantitative estimate of drug-likeness (QED) is 0.688. The number of aromatic nitrogens is 1. The predicted molar refractivity (Wildman–Crippen MR) is 59.7 cm³/mol. The summed E-state index contributed by atoms with van der Waals surface area (Å²) in [6, 6.07) is 1.82. The minimum Gasteiger partial charge on any atom is -0.398 e. The Morgan fingerprint density at radius 3 is 2.93 bits per heavy atom. The molecule has 0 aliphatic carbocycles. The third kappa shape index (κ3) is 4.76. The third-order valence-corrected chi connectivity index (χ3v) is 2.11. The highest BCUT2D eigenvalue weighted by atomic mass is 16.5. The first kappa shape index (κ1) is 11.9. The lowest BCUT2D eigenvalue weighted by Crippen LogP contribution is -2.04. The van der Waals surface area contributed by atoms with Crippen molar-refractivity contribution >= 4 is 5.69 Å². The molecule has 0 saturated heterocycles. The second-order valence-electron chi connectivity index (χ2n) is 3.28. The summed E-state index contributed by atoms with van der Waals surface area (Å²) in [4.78, 5) is 4.03. The Balaban J connectivity index is 2.12. The number of rotatable bonds is 7. The zero-order chi connectivity index (χ0) is 10.9. The first-order valence-electron chi connectivity index (χ1n) is 5.09. The standard InChI is InChI=1S/C11H18N2O2/c1-14-7-8-15-6-2-3-10-9-13-5-4-11(10)12/h4-5,9H,2-3,6-8H2,1H3,(H2,12,13). The van der Waals surface area contributed by atoms with Gasteiger partial charge in [0.1, 0.15) is 0 Å². The van der Waals surface area contributed by atoms with Crippen LogP contribution >= 0.6 is 0 Å². The zero-order valence-corrected chi connectivity index (χ0v) is 9.11. The van der Waals surface area contributed by atoms with E-state index in [1.54, 1.807) is 13.3 Å². The van der Waals surface area contributed by atoms with Gasteiger partial charge < -0.3 is 15.2 Å². The Morgan fingerprint density at radius 1 is 1.33 bits per heavy atom. The normalized spacial score (nSPS) is 10.5. The summed E-state index contributed by atoms with van der Waals surface area (Å²) in [5.74, 6) is 0. The molecule has 1 rings (SSSR count). The van der Waals surface area contributed by atoms with E-state index in [1.807, 2.05) is 12.3 Å². The van der Waals surface area contributed by atoms with E-state index in [-0.39, 0.29) is 0 Å². The van der Waals surface area contributed by atoms with Gasteiger partial charge in [0.25, 0.3) is 0 Å². The fourth-order valence-corrected chi connectivity index (χ4v) is 1.26. The summed E-state index contributed by atoms with van der Waals surface area (Å²) in [5.41, 5.74) is 7.68. The lowest BCUT2D eigenvalue weighted by atomic mass is 10.1. The number of ether oxygens (including phenoxy) is 2. The molecule has 0 saturated carbocycles. The van der Waals surface area contributed by atoms with Gasteiger partial charge in [-0.3, -0.25) is 4.98 Å². The number of aryl methyl sites for hydroxylation is 1. The van der Waals surface area contributed by atoms with Gasteiger partial charge in [-0.15, -0.1) is 0 Å². The van der Waals surface area contributed by atoms with Crippen LogP contribution in [0.5, 0.6) is 0 Å². The summed E-state index contributed by atoms with van der Waals surface area (Å²) < 4.78 is 10.2. The maximum atomic E-state index is 5.78. The molecule has 2 N–H and O–H groups in total. The molecule has 0 spiro atoms. The largest absolute Gasteiger partial charge is 0.398 e. The highest BCUT2D eigenvalue weighted by Gasteiger charge is 1.98. The highest BCUT2D eigenvalue weighted by Crippen LogP contribution is 2.10. The van der Waals surface area contributed by atoms with Gasteiger partial charge in [0.2, 0.25) is 0 Å². The molecule has 0 radical (unpaired) electrons. The van der Waals surface area contributed by atoms with Gasteiger partial charge in [-0.2, -0.15) is 0 Å². The molecule has 0 aromatic carbocycles. The van der Waals surface area contributed by atoms with Crippen LogP contribution < -0.4 is 5.73 Å². The molecule has 0 aliphatic heterocycles. The Morgan fingerprint density at radius 2 is 2.20 bits per heavy atom. The number of hydrogen-bond acceptors (Lipinski definition) is 4. The second-order valence-corrected chi connectivity index (χ2v) is 3.28. The number of methoxy groups -OCH3 is 1. The van der Waals surface area contributed by atoms with Crippen LogP contribution in [-0.2, 0) is 15.9 Å². The van der Waals surface area contributed by atoms with E-state index < -0.39 is 0 Å². The highest BCUT2D eigenvalue weighted by molar-refractivity contribution is 5.44. The SMILES string of the molecule is COCCOCCCc1cnccc1N. The van der Waals surface area contributed by atoms with Crippen molar-refractivity contribution in [1.82, 2.24) is 4.98 Å². The number of hydrogen-bond donors (Lipinski definition) is 1. The zero-order valence-electron chi connectivity index (χ0n) is 9.11. The Labute approximate surface area is 90.4 Å². The van der Waals surface area contributed by atoms with Crippen molar-refractivity contribution in [2.75, 3.05) is 32.7 Å². The summed E-state index contributed by atoms with van der Waals surface area (Å²) in [6.07, 6.45) is 5.38. The molecule has 1 aromatic rings. The number of nitrogens with zero attached hydrogens (tertiary/aromatic N) is 1.